The summed E-state index contributed by atoms with van der Waals surface area (Å²) in [6.07, 6.45) is 0.562. The zero-order chi connectivity index (χ0) is 20.5. The molecular formula is C20H20BrClN2O4. The van der Waals surface area contributed by atoms with Crippen LogP contribution in [0.15, 0.2) is 46.9 Å². The van der Waals surface area contributed by atoms with E-state index in [1.807, 2.05) is 12.1 Å². The predicted octanol–water partition coefficient (Wildman–Crippen LogP) is 4.70. The molecule has 0 atom stereocenters. The summed E-state index contributed by atoms with van der Waals surface area (Å²) >= 11 is 9.31. The lowest BCUT2D eigenvalue weighted by Gasteiger charge is -2.10. The number of benzene rings is 2. The molecule has 2 N–H and O–H groups in total. The largest absolute Gasteiger partial charge is 0.456 e. The van der Waals surface area contributed by atoms with Gasteiger partial charge in [-0.25, -0.2) is 0 Å². The van der Waals surface area contributed by atoms with Crippen LogP contribution in [-0.4, -0.2) is 24.4 Å². The molecule has 0 radical (unpaired) electrons. The molecule has 2 aromatic carbocycles. The lowest BCUT2D eigenvalue weighted by molar-refractivity contribution is -0.147. The van der Waals surface area contributed by atoms with E-state index in [-0.39, 0.29) is 18.7 Å². The van der Waals surface area contributed by atoms with E-state index in [9.17, 15) is 14.4 Å². The van der Waals surface area contributed by atoms with Crippen LogP contribution in [0.5, 0.6) is 0 Å². The van der Waals surface area contributed by atoms with Crippen molar-refractivity contribution in [2.75, 3.05) is 17.2 Å². The number of carbonyl (C=O) groups is 3. The molecule has 0 fully saturated rings. The Kier molecular flexibility index (Phi) is 8.47. The molecule has 0 aliphatic carbocycles. The maximum absolute atomic E-state index is 11.9. The number of halogens is 2. The number of amides is 2. The van der Waals surface area contributed by atoms with E-state index in [0.29, 0.717) is 22.8 Å². The Morgan fingerprint density at radius 2 is 1.71 bits per heavy atom. The van der Waals surface area contributed by atoms with Gasteiger partial charge in [-0.3, -0.25) is 14.4 Å². The first-order valence-electron chi connectivity index (χ1n) is 8.61. The molecule has 0 unspecified atom stereocenters. The van der Waals surface area contributed by atoms with Gasteiger partial charge in [-0.05, 0) is 55.3 Å². The molecule has 0 saturated carbocycles. The van der Waals surface area contributed by atoms with Crippen LogP contribution < -0.4 is 10.6 Å². The smallest absolute Gasteiger partial charge is 0.306 e. The van der Waals surface area contributed by atoms with Crippen LogP contribution in [0.2, 0.25) is 5.02 Å². The molecule has 0 heterocycles. The van der Waals surface area contributed by atoms with Gasteiger partial charge in [-0.1, -0.05) is 33.6 Å². The highest BCUT2D eigenvalue weighted by Gasteiger charge is 2.11. The second-order valence-electron chi connectivity index (χ2n) is 6.03. The van der Waals surface area contributed by atoms with Gasteiger partial charge in [0.1, 0.15) is 0 Å². The highest BCUT2D eigenvalue weighted by molar-refractivity contribution is 9.10. The molecule has 2 amide bonds. The first-order valence-corrected chi connectivity index (χ1v) is 9.78. The fourth-order valence-electron chi connectivity index (χ4n) is 2.30. The zero-order valence-corrected chi connectivity index (χ0v) is 17.6. The summed E-state index contributed by atoms with van der Waals surface area (Å²) in [4.78, 5) is 35.5. The van der Waals surface area contributed by atoms with E-state index in [1.54, 1.807) is 37.3 Å². The summed E-state index contributed by atoms with van der Waals surface area (Å²) in [6, 6.07) is 12.3. The minimum Gasteiger partial charge on any atom is -0.456 e. The van der Waals surface area contributed by atoms with Crippen LogP contribution in [0.25, 0.3) is 0 Å². The predicted molar refractivity (Wildman–Crippen MR) is 112 cm³/mol. The monoisotopic (exact) mass is 466 g/mol. The van der Waals surface area contributed by atoms with Crippen LogP contribution in [0, 0.1) is 6.92 Å². The summed E-state index contributed by atoms with van der Waals surface area (Å²) in [6.45, 7) is 1.39. The fourth-order valence-corrected chi connectivity index (χ4v) is 2.74. The highest BCUT2D eigenvalue weighted by Crippen LogP contribution is 2.22. The first-order chi connectivity index (χ1) is 13.3. The Balaban J connectivity index is 1.65. The third kappa shape index (κ3) is 7.32. The zero-order valence-electron chi connectivity index (χ0n) is 15.3. The molecule has 0 bridgehead atoms. The number of hydrogen-bond donors (Lipinski definition) is 2. The number of ether oxygens (including phenoxy) is 1. The minimum atomic E-state index is -0.533. The minimum absolute atomic E-state index is 0.0528. The lowest BCUT2D eigenvalue weighted by atomic mass is 10.2. The summed E-state index contributed by atoms with van der Waals surface area (Å²) in [5.41, 5.74) is 1.99. The van der Waals surface area contributed by atoms with E-state index in [0.717, 1.165) is 10.0 Å². The van der Waals surface area contributed by atoms with Crippen LogP contribution in [0.4, 0.5) is 11.4 Å². The molecule has 8 heteroatoms. The summed E-state index contributed by atoms with van der Waals surface area (Å²) in [5.74, 6) is -1.18. The quantitative estimate of drug-likeness (QED) is 0.551. The Morgan fingerprint density at radius 3 is 2.43 bits per heavy atom. The van der Waals surface area contributed by atoms with Gasteiger partial charge in [0.05, 0.1) is 0 Å². The molecule has 28 heavy (non-hydrogen) atoms. The second-order valence-corrected chi connectivity index (χ2v) is 7.35. The average molecular weight is 468 g/mol. The van der Waals surface area contributed by atoms with Crippen molar-refractivity contribution in [1.82, 2.24) is 0 Å². The standard InChI is InChI=1S/C20H20BrClN2O4/c1-13-16(22)4-2-5-17(13)24-19(26)12-28-20(27)7-3-6-18(25)23-15-10-8-14(21)9-11-15/h2,4-5,8-11H,3,6-7,12H2,1H3,(H,23,25)(H,24,26). The first kappa shape index (κ1) is 21.9. The Morgan fingerprint density at radius 1 is 1.00 bits per heavy atom. The van der Waals surface area contributed by atoms with E-state index in [1.165, 1.54) is 0 Å². The molecular weight excluding hydrogens is 448 g/mol. The van der Waals surface area contributed by atoms with Gasteiger partial charge in [-0.15, -0.1) is 0 Å². The Labute approximate surface area is 176 Å². The van der Waals surface area contributed by atoms with Gasteiger partial charge in [0.15, 0.2) is 6.61 Å². The molecule has 148 valence electrons. The highest BCUT2D eigenvalue weighted by atomic mass is 79.9. The average Bonchev–Trinajstić information content (AvgIpc) is 2.66. The second kappa shape index (κ2) is 10.8. The van der Waals surface area contributed by atoms with Gasteiger partial charge < -0.3 is 15.4 Å². The van der Waals surface area contributed by atoms with Crippen LogP contribution >= 0.6 is 27.5 Å². The SMILES string of the molecule is Cc1c(Cl)cccc1NC(=O)COC(=O)CCCC(=O)Nc1ccc(Br)cc1. The van der Waals surface area contributed by atoms with Crippen molar-refractivity contribution in [3.63, 3.8) is 0 Å². The van der Waals surface area contributed by atoms with Crippen LogP contribution in [-0.2, 0) is 19.1 Å². The summed E-state index contributed by atoms with van der Waals surface area (Å²) in [7, 11) is 0. The normalized spacial score (nSPS) is 10.2. The number of esters is 1. The van der Waals surface area contributed by atoms with Crippen molar-refractivity contribution in [1.29, 1.82) is 0 Å². The molecule has 2 rings (SSSR count). The molecule has 0 aliphatic rings. The van der Waals surface area contributed by atoms with Gasteiger partial charge in [0, 0.05) is 33.7 Å². The lowest BCUT2D eigenvalue weighted by Crippen LogP contribution is -2.21. The number of anilines is 2. The van der Waals surface area contributed by atoms with E-state index in [2.05, 4.69) is 26.6 Å². The fraction of sp³-hybridized carbons (Fsp3) is 0.250. The number of hydrogen-bond acceptors (Lipinski definition) is 4. The maximum Gasteiger partial charge on any atom is 0.306 e. The summed E-state index contributed by atoms with van der Waals surface area (Å²) in [5, 5.41) is 5.93. The summed E-state index contributed by atoms with van der Waals surface area (Å²) < 4.78 is 5.86. The van der Waals surface area contributed by atoms with Gasteiger partial charge in [0.25, 0.3) is 5.91 Å². The van der Waals surface area contributed by atoms with Crippen molar-refractivity contribution < 1.29 is 19.1 Å². The molecule has 0 spiro atoms. The number of nitrogens with one attached hydrogen (secondary N) is 2. The van der Waals surface area contributed by atoms with Gasteiger partial charge in [-0.2, -0.15) is 0 Å². The number of carbonyl (C=O) groups excluding carboxylic acids is 3. The van der Waals surface area contributed by atoms with Crippen molar-refractivity contribution >= 4 is 56.7 Å². The van der Waals surface area contributed by atoms with Gasteiger partial charge >= 0.3 is 5.97 Å². The molecule has 6 nitrogen and oxygen atoms in total. The van der Waals surface area contributed by atoms with Crippen molar-refractivity contribution in [2.45, 2.75) is 26.2 Å². The third-order valence-electron chi connectivity index (χ3n) is 3.82. The Hall–Kier alpha value is -2.38. The van der Waals surface area contributed by atoms with E-state index >= 15 is 0 Å². The topological polar surface area (TPSA) is 84.5 Å². The molecule has 0 saturated heterocycles. The van der Waals surface area contributed by atoms with Gasteiger partial charge in [0.2, 0.25) is 5.91 Å². The van der Waals surface area contributed by atoms with Crippen molar-refractivity contribution in [3.8, 4) is 0 Å². The number of rotatable bonds is 8. The molecule has 0 aliphatic heterocycles. The van der Waals surface area contributed by atoms with E-state index < -0.39 is 18.5 Å². The van der Waals surface area contributed by atoms with Crippen LogP contribution in [0.3, 0.4) is 0 Å². The maximum atomic E-state index is 11.9. The van der Waals surface area contributed by atoms with E-state index in [4.69, 9.17) is 16.3 Å². The molecule has 2 aromatic rings. The van der Waals surface area contributed by atoms with Crippen molar-refractivity contribution in [2.24, 2.45) is 0 Å². The molecule has 0 aromatic heterocycles. The Bertz CT molecular complexity index is 856. The third-order valence-corrected chi connectivity index (χ3v) is 4.76. The van der Waals surface area contributed by atoms with Crippen LogP contribution in [0.1, 0.15) is 24.8 Å². The van der Waals surface area contributed by atoms with Crippen molar-refractivity contribution in [3.05, 3.63) is 57.5 Å².